The quantitative estimate of drug-likeness (QED) is 0.535. The molecule has 0 aromatic heterocycles. The smallest absolute Gasteiger partial charge is 0.408 e. The number of amides is 1. The minimum Gasteiger partial charge on any atom is -0.490 e. The third kappa shape index (κ3) is 6.75. The molecule has 0 unspecified atom stereocenters. The second kappa shape index (κ2) is 10.4. The molecule has 7 heteroatoms. The molecule has 0 radical (unpaired) electrons. The van der Waals surface area contributed by atoms with E-state index in [1.54, 1.807) is 49.4 Å². The summed E-state index contributed by atoms with van der Waals surface area (Å²) >= 11 is 12.1. The number of hydrogen-bond donors (Lipinski definition) is 1. The average molecular weight is 394 g/mol. The van der Waals surface area contributed by atoms with E-state index in [0.29, 0.717) is 27.3 Å². The molecule has 2 rings (SSSR count). The van der Waals surface area contributed by atoms with Crippen LogP contribution in [0.5, 0.6) is 17.2 Å². The normalized spacial score (nSPS) is 9.65. The molecule has 2 aromatic carbocycles. The van der Waals surface area contributed by atoms with Crippen LogP contribution in [0.3, 0.4) is 0 Å². The number of halogens is 2. The molecule has 1 amide bonds. The summed E-state index contributed by atoms with van der Waals surface area (Å²) < 4.78 is 16.0. The van der Waals surface area contributed by atoms with Crippen molar-refractivity contribution in [2.24, 2.45) is 0 Å². The molecule has 0 aliphatic carbocycles. The van der Waals surface area contributed by atoms with E-state index in [2.05, 4.69) is 17.2 Å². The van der Waals surface area contributed by atoms with Crippen molar-refractivity contribution in [3.63, 3.8) is 0 Å². The molecule has 0 heterocycles. The summed E-state index contributed by atoms with van der Waals surface area (Å²) in [6.45, 7) is 2.24. The van der Waals surface area contributed by atoms with E-state index in [4.69, 9.17) is 37.4 Å². The average Bonchev–Trinajstić information content (AvgIpc) is 2.60. The van der Waals surface area contributed by atoms with Gasteiger partial charge in [-0.2, -0.15) is 0 Å². The van der Waals surface area contributed by atoms with Gasteiger partial charge in [0.2, 0.25) is 0 Å². The van der Waals surface area contributed by atoms with Crippen LogP contribution < -0.4 is 14.8 Å². The standard InChI is InChI=1S/C19H17Cl2NO4/c1-2-3-10-25-19(23)22-9-11-24-18-8-7-16(13-17(18)21)26-15-6-4-5-14(20)12-15/h4-8,12-13H,9-11H2,1H3,(H,22,23). The van der Waals surface area contributed by atoms with Gasteiger partial charge in [0, 0.05) is 11.1 Å². The summed E-state index contributed by atoms with van der Waals surface area (Å²) in [4.78, 5) is 11.3. The largest absolute Gasteiger partial charge is 0.490 e. The predicted octanol–water partition coefficient (Wildman–Crippen LogP) is 4.91. The zero-order valence-corrected chi connectivity index (χ0v) is 15.6. The number of carbonyl (C=O) groups is 1. The Balaban J connectivity index is 1.80. The molecule has 0 aliphatic rings. The first-order chi connectivity index (χ1) is 12.6. The van der Waals surface area contributed by atoms with Crippen LogP contribution in [-0.2, 0) is 4.74 Å². The lowest BCUT2D eigenvalue weighted by Crippen LogP contribution is -2.28. The Morgan fingerprint density at radius 3 is 2.69 bits per heavy atom. The molecule has 0 spiro atoms. The number of alkyl carbamates (subject to hydrolysis) is 1. The highest BCUT2D eigenvalue weighted by atomic mass is 35.5. The molecule has 5 nitrogen and oxygen atoms in total. The summed E-state index contributed by atoms with van der Waals surface area (Å²) in [5.74, 6) is 6.91. The monoisotopic (exact) mass is 393 g/mol. The Morgan fingerprint density at radius 1 is 1.15 bits per heavy atom. The summed E-state index contributed by atoms with van der Waals surface area (Å²) in [5, 5.41) is 3.52. The summed E-state index contributed by atoms with van der Waals surface area (Å²) in [6, 6.07) is 12.1. The van der Waals surface area contributed by atoms with E-state index in [0.717, 1.165) is 0 Å². The minimum atomic E-state index is -0.548. The van der Waals surface area contributed by atoms with Crippen LogP contribution in [0.25, 0.3) is 0 Å². The zero-order valence-electron chi connectivity index (χ0n) is 14.1. The zero-order chi connectivity index (χ0) is 18.8. The Labute approximate surface area is 162 Å². The molecule has 0 fully saturated rings. The van der Waals surface area contributed by atoms with Crippen molar-refractivity contribution in [1.82, 2.24) is 5.32 Å². The Bertz CT molecular complexity index is 815. The molecular weight excluding hydrogens is 377 g/mol. The third-order valence-corrected chi connectivity index (χ3v) is 3.55. The molecule has 0 bridgehead atoms. The SMILES string of the molecule is CC#CCOC(=O)NCCOc1ccc(Oc2cccc(Cl)c2)cc1Cl. The predicted molar refractivity (Wildman–Crippen MR) is 101 cm³/mol. The van der Waals surface area contributed by atoms with Crippen LogP contribution in [0.1, 0.15) is 6.92 Å². The number of carbonyl (C=O) groups excluding carboxylic acids is 1. The topological polar surface area (TPSA) is 56.8 Å². The van der Waals surface area contributed by atoms with Crippen LogP contribution in [-0.4, -0.2) is 25.9 Å². The van der Waals surface area contributed by atoms with Crippen LogP contribution in [0.4, 0.5) is 4.79 Å². The lowest BCUT2D eigenvalue weighted by molar-refractivity contribution is 0.157. The van der Waals surface area contributed by atoms with Gasteiger partial charge in [-0.05, 0) is 37.3 Å². The van der Waals surface area contributed by atoms with Gasteiger partial charge < -0.3 is 19.5 Å². The Kier molecular flexibility index (Phi) is 7.94. The van der Waals surface area contributed by atoms with Crippen molar-refractivity contribution < 1.29 is 19.0 Å². The molecule has 0 saturated heterocycles. The number of nitrogens with one attached hydrogen (secondary N) is 1. The molecule has 0 aliphatic heterocycles. The maximum atomic E-state index is 11.3. The van der Waals surface area contributed by atoms with Crippen LogP contribution in [0, 0.1) is 11.8 Å². The van der Waals surface area contributed by atoms with Crippen molar-refractivity contribution in [1.29, 1.82) is 0 Å². The van der Waals surface area contributed by atoms with Crippen molar-refractivity contribution in [3.8, 4) is 29.1 Å². The first-order valence-electron chi connectivity index (χ1n) is 7.74. The molecule has 2 aromatic rings. The highest BCUT2D eigenvalue weighted by molar-refractivity contribution is 6.32. The summed E-state index contributed by atoms with van der Waals surface area (Å²) in [6.07, 6.45) is -0.548. The fourth-order valence-corrected chi connectivity index (χ4v) is 2.27. The fourth-order valence-electron chi connectivity index (χ4n) is 1.87. The van der Waals surface area contributed by atoms with Gasteiger partial charge in [-0.3, -0.25) is 0 Å². The van der Waals surface area contributed by atoms with Gasteiger partial charge in [-0.15, -0.1) is 5.92 Å². The maximum Gasteiger partial charge on any atom is 0.408 e. The van der Waals surface area contributed by atoms with Crippen molar-refractivity contribution >= 4 is 29.3 Å². The number of hydrogen-bond acceptors (Lipinski definition) is 4. The van der Waals surface area contributed by atoms with Gasteiger partial charge >= 0.3 is 6.09 Å². The molecule has 0 saturated carbocycles. The van der Waals surface area contributed by atoms with Gasteiger partial charge in [-0.1, -0.05) is 35.2 Å². The highest BCUT2D eigenvalue weighted by Gasteiger charge is 2.06. The first kappa shape index (κ1) is 19.8. The minimum absolute atomic E-state index is 0.0586. The molecule has 26 heavy (non-hydrogen) atoms. The number of ether oxygens (including phenoxy) is 3. The van der Waals surface area contributed by atoms with Crippen LogP contribution in [0.15, 0.2) is 42.5 Å². The van der Waals surface area contributed by atoms with Gasteiger partial charge in [0.1, 0.15) is 23.9 Å². The molecule has 1 N–H and O–H groups in total. The Hall–Kier alpha value is -2.55. The van der Waals surface area contributed by atoms with Crippen LogP contribution >= 0.6 is 23.2 Å². The lowest BCUT2D eigenvalue weighted by atomic mass is 10.3. The van der Waals surface area contributed by atoms with Gasteiger partial charge in [0.05, 0.1) is 11.6 Å². The van der Waals surface area contributed by atoms with E-state index in [-0.39, 0.29) is 19.8 Å². The summed E-state index contributed by atoms with van der Waals surface area (Å²) in [5.41, 5.74) is 0. The van der Waals surface area contributed by atoms with Crippen molar-refractivity contribution in [2.75, 3.05) is 19.8 Å². The van der Waals surface area contributed by atoms with Gasteiger partial charge in [-0.25, -0.2) is 4.79 Å². The van der Waals surface area contributed by atoms with Crippen molar-refractivity contribution in [2.45, 2.75) is 6.92 Å². The molecular formula is C19H17Cl2NO4. The van der Waals surface area contributed by atoms with Gasteiger partial charge in [0.15, 0.2) is 6.61 Å². The number of benzene rings is 2. The summed E-state index contributed by atoms with van der Waals surface area (Å²) in [7, 11) is 0. The van der Waals surface area contributed by atoms with Crippen LogP contribution in [0.2, 0.25) is 10.0 Å². The van der Waals surface area contributed by atoms with E-state index < -0.39 is 6.09 Å². The van der Waals surface area contributed by atoms with Crippen molar-refractivity contribution in [3.05, 3.63) is 52.5 Å². The third-order valence-electron chi connectivity index (χ3n) is 3.02. The van der Waals surface area contributed by atoms with E-state index in [9.17, 15) is 4.79 Å². The Morgan fingerprint density at radius 2 is 1.96 bits per heavy atom. The second-order valence-electron chi connectivity index (χ2n) is 4.93. The second-order valence-corrected chi connectivity index (χ2v) is 5.77. The van der Waals surface area contributed by atoms with Gasteiger partial charge in [0.25, 0.3) is 0 Å². The fraction of sp³-hybridized carbons (Fsp3) is 0.211. The maximum absolute atomic E-state index is 11.3. The highest BCUT2D eigenvalue weighted by Crippen LogP contribution is 2.31. The molecule has 0 atom stereocenters. The number of rotatable bonds is 7. The molecule has 136 valence electrons. The van der Waals surface area contributed by atoms with E-state index in [1.165, 1.54) is 0 Å². The van der Waals surface area contributed by atoms with E-state index in [1.807, 2.05) is 0 Å². The lowest BCUT2D eigenvalue weighted by Gasteiger charge is -2.11. The first-order valence-corrected chi connectivity index (χ1v) is 8.50. The van der Waals surface area contributed by atoms with E-state index >= 15 is 0 Å².